The fourth-order valence-electron chi connectivity index (χ4n) is 2.93. The number of aliphatic carboxylic acids is 2. The van der Waals surface area contributed by atoms with Gasteiger partial charge in [-0.05, 0) is 24.8 Å². The van der Waals surface area contributed by atoms with Crippen molar-refractivity contribution in [1.82, 2.24) is 4.90 Å². The van der Waals surface area contributed by atoms with Crippen molar-refractivity contribution >= 4 is 11.9 Å². The molecule has 22 heavy (non-hydrogen) atoms. The Hall–Kier alpha value is -1.92. The van der Waals surface area contributed by atoms with Gasteiger partial charge in [-0.3, -0.25) is 14.5 Å². The summed E-state index contributed by atoms with van der Waals surface area (Å²) in [6, 6.07) is 9.59. The van der Waals surface area contributed by atoms with Crippen molar-refractivity contribution in [2.75, 3.05) is 13.1 Å². The van der Waals surface area contributed by atoms with E-state index in [1.54, 1.807) is 0 Å². The van der Waals surface area contributed by atoms with Crippen LogP contribution >= 0.6 is 0 Å². The molecule has 0 bridgehead atoms. The lowest BCUT2D eigenvalue weighted by Crippen LogP contribution is -2.46. The van der Waals surface area contributed by atoms with Gasteiger partial charge >= 0.3 is 11.9 Å². The molecular formula is C16H21NO5. The van der Waals surface area contributed by atoms with Gasteiger partial charge in [0.05, 0.1) is 25.8 Å². The van der Waals surface area contributed by atoms with Gasteiger partial charge < -0.3 is 14.9 Å². The maximum Gasteiger partial charge on any atom is 0.317 e. The van der Waals surface area contributed by atoms with Crippen LogP contribution in [0, 0.1) is 0 Å². The highest BCUT2D eigenvalue weighted by Gasteiger charge is 2.34. The lowest BCUT2D eigenvalue weighted by Gasteiger charge is -2.30. The van der Waals surface area contributed by atoms with Crippen molar-refractivity contribution in [3.05, 3.63) is 35.9 Å². The molecule has 6 heteroatoms. The summed E-state index contributed by atoms with van der Waals surface area (Å²) in [7, 11) is 0. The van der Waals surface area contributed by atoms with Crippen LogP contribution in [0.4, 0.5) is 0 Å². The van der Waals surface area contributed by atoms with Crippen molar-refractivity contribution in [2.45, 2.75) is 38.0 Å². The Morgan fingerprint density at radius 2 is 1.73 bits per heavy atom. The zero-order valence-electron chi connectivity index (χ0n) is 12.4. The Morgan fingerprint density at radius 1 is 1.09 bits per heavy atom. The monoisotopic (exact) mass is 307 g/mol. The summed E-state index contributed by atoms with van der Waals surface area (Å²) >= 11 is 0. The van der Waals surface area contributed by atoms with Crippen LogP contribution in [0.1, 0.15) is 24.8 Å². The van der Waals surface area contributed by atoms with Gasteiger partial charge in [-0.15, -0.1) is 0 Å². The molecule has 1 saturated carbocycles. The van der Waals surface area contributed by atoms with E-state index in [1.807, 2.05) is 30.3 Å². The van der Waals surface area contributed by atoms with E-state index in [1.165, 1.54) is 4.90 Å². The first kappa shape index (κ1) is 16.5. The number of carboxylic acids is 2. The van der Waals surface area contributed by atoms with Gasteiger partial charge in [-0.1, -0.05) is 30.3 Å². The van der Waals surface area contributed by atoms with E-state index in [2.05, 4.69) is 0 Å². The van der Waals surface area contributed by atoms with Gasteiger partial charge in [-0.25, -0.2) is 0 Å². The highest BCUT2D eigenvalue weighted by atomic mass is 16.5. The molecule has 6 nitrogen and oxygen atoms in total. The first-order chi connectivity index (χ1) is 10.6. The van der Waals surface area contributed by atoms with Crippen molar-refractivity contribution < 1.29 is 24.5 Å². The first-order valence-electron chi connectivity index (χ1n) is 7.39. The number of ether oxygens (including phenoxy) is 1. The topological polar surface area (TPSA) is 87.1 Å². The lowest BCUT2D eigenvalue weighted by molar-refractivity contribution is -0.144. The molecule has 120 valence electrons. The Bertz CT molecular complexity index is 489. The Kier molecular flexibility index (Phi) is 5.91. The Labute approximate surface area is 129 Å². The molecule has 1 fully saturated rings. The predicted molar refractivity (Wildman–Crippen MR) is 79.5 cm³/mol. The van der Waals surface area contributed by atoms with E-state index in [4.69, 9.17) is 14.9 Å². The van der Waals surface area contributed by atoms with Gasteiger partial charge in [0, 0.05) is 6.04 Å². The number of carboxylic acid groups (broad SMARTS) is 2. The van der Waals surface area contributed by atoms with Crippen LogP contribution in [-0.4, -0.2) is 52.3 Å². The van der Waals surface area contributed by atoms with Crippen LogP contribution in [-0.2, 0) is 20.9 Å². The van der Waals surface area contributed by atoms with Gasteiger partial charge in [0.15, 0.2) is 0 Å². The molecule has 0 heterocycles. The second kappa shape index (κ2) is 7.91. The highest BCUT2D eigenvalue weighted by molar-refractivity contribution is 5.72. The number of hydrogen-bond acceptors (Lipinski definition) is 4. The molecule has 1 aromatic carbocycles. The third-order valence-corrected chi connectivity index (χ3v) is 3.87. The summed E-state index contributed by atoms with van der Waals surface area (Å²) in [5, 5.41) is 18.0. The van der Waals surface area contributed by atoms with Crippen molar-refractivity contribution in [3.8, 4) is 0 Å². The molecule has 2 N–H and O–H groups in total. The number of benzene rings is 1. The molecule has 0 aromatic heterocycles. The van der Waals surface area contributed by atoms with Crippen LogP contribution in [0.25, 0.3) is 0 Å². The van der Waals surface area contributed by atoms with Gasteiger partial charge in [-0.2, -0.15) is 0 Å². The second-order valence-corrected chi connectivity index (χ2v) is 5.53. The maximum absolute atomic E-state index is 11.0. The summed E-state index contributed by atoms with van der Waals surface area (Å²) < 4.78 is 5.92. The summed E-state index contributed by atoms with van der Waals surface area (Å²) in [6.07, 6.45) is 2.38. The van der Waals surface area contributed by atoms with Crippen LogP contribution in [0.15, 0.2) is 30.3 Å². The van der Waals surface area contributed by atoms with Gasteiger partial charge in [0.2, 0.25) is 0 Å². The van der Waals surface area contributed by atoms with Gasteiger partial charge in [0.1, 0.15) is 0 Å². The first-order valence-corrected chi connectivity index (χ1v) is 7.39. The predicted octanol–water partition coefficient (Wildman–Crippen LogP) is 1.60. The minimum atomic E-state index is -1.02. The standard InChI is InChI=1S/C16H21NO5/c18-15(19)9-17(10-16(20)21)13-7-4-8-14(13)22-11-12-5-2-1-3-6-12/h1-3,5-6,13-14H,4,7-11H2,(H,18,19)(H,20,21)/t13-,14?/m1/s1. The molecule has 0 amide bonds. The largest absolute Gasteiger partial charge is 0.480 e. The van der Waals surface area contributed by atoms with E-state index < -0.39 is 11.9 Å². The molecular weight excluding hydrogens is 286 g/mol. The molecule has 0 radical (unpaired) electrons. The van der Waals surface area contributed by atoms with Crippen LogP contribution < -0.4 is 0 Å². The van der Waals surface area contributed by atoms with Gasteiger partial charge in [0.25, 0.3) is 0 Å². The van der Waals surface area contributed by atoms with Crippen LogP contribution in [0.3, 0.4) is 0 Å². The van der Waals surface area contributed by atoms with E-state index in [-0.39, 0.29) is 25.2 Å². The normalized spacial score (nSPS) is 21.1. The van der Waals surface area contributed by atoms with Crippen molar-refractivity contribution in [1.29, 1.82) is 0 Å². The number of carbonyl (C=O) groups is 2. The minimum Gasteiger partial charge on any atom is -0.480 e. The summed E-state index contributed by atoms with van der Waals surface area (Å²) in [5.41, 5.74) is 1.05. The molecule has 2 atom stereocenters. The van der Waals surface area contributed by atoms with E-state index in [0.717, 1.165) is 24.8 Å². The SMILES string of the molecule is O=C(O)CN(CC(=O)O)[C@@H]1CCCC1OCc1ccccc1. The van der Waals surface area contributed by atoms with E-state index in [0.29, 0.717) is 6.61 Å². The molecule has 1 aliphatic rings. The third kappa shape index (κ3) is 4.82. The zero-order valence-corrected chi connectivity index (χ0v) is 12.4. The minimum absolute atomic E-state index is 0.126. The zero-order chi connectivity index (χ0) is 15.9. The smallest absolute Gasteiger partial charge is 0.317 e. The summed E-state index contributed by atoms with van der Waals surface area (Å²) in [6.45, 7) is -0.0969. The molecule has 0 spiro atoms. The quantitative estimate of drug-likeness (QED) is 0.758. The molecule has 1 unspecified atom stereocenters. The fraction of sp³-hybridized carbons (Fsp3) is 0.500. The average Bonchev–Trinajstić information content (AvgIpc) is 2.93. The fourth-order valence-corrected chi connectivity index (χ4v) is 2.93. The Balaban J connectivity index is 1.97. The van der Waals surface area contributed by atoms with E-state index in [9.17, 15) is 9.59 Å². The molecule has 0 aliphatic heterocycles. The maximum atomic E-state index is 11.0. The number of rotatable bonds is 8. The van der Waals surface area contributed by atoms with E-state index >= 15 is 0 Å². The van der Waals surface area contributed by atoms with Crippen LogP contribution in [0.5, 0.6) is 0 Å². The second-order valence-electron chi connectivity index (χ2n) is 5.53. The average molecular weight is 307 g/mol. The third-order valence-electron chi connectivity index (χ3n) is 3.87. The molecule has 1 aliphatic carbocycles. The summed E-state index contributed by atoms with van der Waals surface area (Å²) in [5.74, 6) is -2.04. The number of hydrogen-bond donors (Lipinski definition) is 2. The Morgan fingerprint density at radius 3 is 2.32 bits per heavy atom. The van der Waals surface area contributed by atoms with Crippen molar-refractivity contribution in [2.24, 2.45) is 0 Å². The summed E-state index contributed by atoms with van der Waals surface area (Å²) in [4.78, 5) is 23.4. The lowest BCUT2D eigenvalue weighted by atomic mass is 10.1. The van der Waals surface area contributed by atoms with Crippen LogP contribution in [0.2, 0.25) is 0 Å². The highest BCUT2D eigenvalue weighted by Crippen LogP contribution is 2.27. The number of nitrogens with zero attached hydrogens (tertiary/aromatic N) is 1. The molecule has 2 rings (SSSR count). The molecule has 1 aromatic rings. The molecule has 0 saturated heterocycles. The van der Waals surface area contributed by atoms with Crippen molar-refractivity contribution in [3.63, 3.8) is 0 Å².